The Morgan fingerprint density at radius 3 is 2.67 bits per heavy atom. The first kappa shape index (κ1) is 19.8. The van der Waals surface area contributed by atoms with E-state index in [-0.39, 0.29) is 17.6 Å². The lowest BCUT2D eigenvalue weighted by Crippen LogP contribution is -2.42. The summed E-state index contributed by atoms with van der Waals surface area (Å²) in [5.74, 6) is 0.305. The van der Waals surface area contributed by atoms with E-state index in [1.165, 1.54) is 36.9 Å². The Bertz CT molecular complexity index is 1210. The molecule has 3 heterocycles. The van der Waals surface area contributed by atoms with E-state index in [0.29, 0.717) is 31.0 Å². The molecule has 3 aromatic rings. The van der Waals surface area contributed by atoms with Crippen molar-refractivity contribution in [1.29, 1.82) is 0 Å². The van der Waals surface area contributed by atoms with Crippen LogP contribution in [0.2, 0.25) is 0 Å². The highest BCUT2D eigenvalue weighted by Gasteiger charge is 2.35. The van der Waals surface area contributed by atoms with Crippen molar-refractivity contribution < 1.29 is 13.6 Å². The zero-order valence-electron chi connectivity index (χ0n) is 16.7. The molecule has 0 unspecified atom stereocenters. The standard InChI is InChI=1S/C21H21FN4O4/c1-24-17(11-18(27)25(2)21(24)29)20(28)26-9-3-4-16(26)19-23-12-15(30-19)10-13-5-7-14(22)8-6-13/h5-8,11-12,16H,3-4,9-10H2,1-2H3/t16-/m0/s1. The third kappa shape index (κ3) is 3.58. The van der Waals surface area contributed by atoms with Crippen molar-refractivity contribution in [3.63, 3.8) is 0 Å². The molecule has 2 aromatic heterocycles. The second-order valence-electron chi connectivity index (χ2n) is 7.39. The van der Waals surface area contributed by atoms with Crippen LogP contribution >= 0.6 is 0 Å². The number of hydrogen-bond donors (Lipinski definition) is 0. The third-order valence-corrected chi connectivity index (χ3v) is 5.41. The molecule has 1 aromatic carbocycles. The monoisotopic (exact) mass is 412 g/mol. The van der Waals surface area contributed by atoms with Crippen LogP contribution in [0.3, 0.4) is 0 Å². The van der Waals surface area contributed by atoms with E-state index >= 15 is 0 Å². The van der Waals surface area contributed by atoms with Gasteiger partial charge in [0.05, 0.1) is 6.20 Å². The van der Waals surface area contributed by atoms with Gasteiger partial charge in [-0.15, -0.1) is 0 Å². The second kappa shape index (κ2) is 7.74. The molecule has 156 valence electrons. The van der Waals surface area contributed by atoms with Crippen LogP contribution < -0.4 is 11.2 Å². The lowest BCUT2D eigenvalue weighted by Gasteiger charge is -2.23. The number of carbonyl (C=O) groups is 1. The van der Waals surface area contributed by atoms with Crippen LogP contribution in [0.25, 0.3) is 0 Å². The molecule has 30 heavy (non-hydrogen) atoms. The van der Waals surface area contributed by atoms with Crippen molar-refractivity contribution in [2.45, 2.75) is 25.3 Å². The summed E-state index contributed by atoms with van der Waals surface area (Å²) in [6.07, 6.45) is 3.48. The minimum absolute atomic E-state index is 0.0353. The van der Waals surface area contributed by atoms with Gasteiger partial charge >= 0.3 is 5.69 Å². The minimum atomic E-state index is -0.556. The predicted octanol–water partition coefficient (Wildman–Crippen LogP) is 1.78. The fraction of sp³-hybridized carbons (Fsp3) is 0.333. The van der Waals surface area contributed by atoms with Crippen LogP contribution in [0.5, 0.6) is 0 Å². The predicted molar refractivity (Wildman–Crippen MR) is 106 cm³/mol. The molecule has 8 nitrogen and oxygen atoms in total. The van der Waals surface area contributed by atoms with Gasteiger partial charge in [0.15, 0.2) is 0 Å². The molecular weight excluding hydrogens is 391 g/mol. The summed E-state index contributed by atoms with van der Waals surface area (Å²) in [6.45, 7) is 0.475. The van der Waals surface area contributed by atoms with Crippen LogP contribution in [0.1, 0.15) is 46.6 Å². The van der Waals surface area contributed by atoms with Gasteiger partial charge in [-0.05, 0) is 30.5 Å². The van der Waals surface area contributed by atoms with Gasteiger partial charge in [0.25, 0.3) is 11.5 Å². The van der Waals surface area contributed by atoms with Gasteiger partial charge in [-0.2, -0.15) is 0 Å². The maximum absolute atomic E-state index is 13.1. The van der Waals surface area contributed by atoms with Gasteiger partial charge in [-0.25, -0.2) is 14.2 Å². The number of carbonyl (C=O) groups excluding carboxylic acids is 1. The quantitative estimate of drug-likeness (QED) is 0.652. The number of nitrogens with zero attached hydrogens (tertiary/aromatic N) is 4. The fourth-order valence-electron chi connectivity index (χ4n) is 3.71. The SMILES string of the molecule is Cn1c(C(=O)N2CCC[C@H]2c2ncc(Cc3ccc(F)cc3)o2)cc(=O)n(C)c1=O. The van der Waals surface area contributed by atoms with Crippen LogP contribution in [0.4, 0.5) is 4.39 Å². The lowest BCUT2D eigenvalue weighted by molar-refractivity contribution is 0.0702. The summed E-state index contributed by atoms with van der Waals surface area (Å²) < 4.78 is 21.1. The van der Waals surface area contributed by atoms with Crippen molar-refractivity contribution in [3.05, 3.63) is 86.1 Å². The molecule has 1 amide bonds. The molecule has 0 N–H and O–H groups in total. The summed E-state index contributed by atoms with van der Waals surface area (Å²) in [7, 11) is 2.83. The number of oxazole rings is 1. The maximum Gasteiger partial charge on any atom is 0.331 e. The van der Waals surface area contributed by atoms with Crippen molar-refractivity contribution in [1.82, 2.24) is 19.0 Å². The Morgan fingerprint density at radius 2 is 1.93 bits per heavy atom. The summed E-state index contributed by atoms with van der Waals surface area (Å²) in [5.41, 5.74) is -0.170. The fourth-order valence-corrected chi connectivity index (χ4v) is 3.71. The molecule has 0 bridgehead atoms. The van der Waals surface area contributed by atoms with Crippen LogP contribution in [-0.2, 0) is 20.5 Å². The number of hydrogen-bond acceptors (Lipinski definition) is 5. The number of aromatic nitrogens is 3. The smallest absolute Gasteiger partial charge is 0.331 e. The molecule has 0 radical (unpaired) electrons. The number of rotatable bonds is 4. The van der Waals surface area contributed by atoms with Gasteiger partial charge in [-0.1, -0.05) is 12.1 Å². The van der Waals surface area contributed by atoms with E-state index in [4.69, 9.17) is 4.42 Å². The highest BCUT2D eigenvalue weighted by molar-refractivity contribution is 5.92. The number of halogens is 1. The molecule has 0 spiro atoms. The maximum atomic E-state index is 13.1. The molecule has 1 fully saturated rings. The van der Waals surface area contributed by atoms with Gasteiger partial charge in [0, 0.05) is 33.1 Å². The molecule has 1 aliphatic heterocycles. The average molecular weight is 412 g/mol. The Labute approximate surface area is 171 Å². The first-order chi connectivity index (χ1) is 14.3. The molecule has 4 rings (SSSR count). The Kier molecular flexibility index (Phi) is 5.11. The topological polar surface area (TPSA) is 90.3 Å². The van der Waals surface area contributed by atoms with Gasteiger partial charge in [0.1, 0.15) is 23.3 Å². The van der Waals surface area contributed by atoms with E-state index in [1.807, 2.05) is 0 Å². The van der Waals surface area contributed by atoms with Gasteiger partial charge in [-0.3, -0.25) is 18.7 Å². The lowest BCUT2D eigenvalue weighted by atomic mass is 10.1. The van der Waals surface area contributed by atoms with E-state index in [2.05, 4.69) is 4.98 Å². The molecule has 9 heteroatoms. The van der Waals surface area contributed by atoms with Crippen LogP contribution in [0, 0.1) is 5.82 Å². The molecule has 1 aliphatic rings. The Hall–Kier alpha value is -3.49. The molecule has 0 aliphatic carbocycles. The summed E-state index contributed by atoms with van der Waals surface area (Å²) in [5, 5.41) is 0. The summed E-state index contributed by atoms with van der Waals surface area (Å²) in [6, 6.07) is 6.93. The van der Waals surface area contributed by atoms with E-state index in [0.717, 1.165) is 16.6 Å². The third-order valence-electron chi connectivity index (χ3n) is 5.41. The van der Waals surface area contributed by atoms with Crippen LogP contribution in [0.15, 0.2) is 50.5 Å². The highest BCUT2D eigenvalue weighted by Crippen LogP contribution is 2.32. The van der Waals surface area contributed by atoms with E-state index < -0.39 is 17.2 Å². The van der Waals surface area contributed by atoms with E-state index in [9.17, 15) is 18.8 Å². The number of benzene rings is 1. The molecule has 1 atom stereocenters. The molecular formula is C21H21FN4O4. The zero-order chi connectivity index (χ0) is 21.4. The first-order valence-electron chi connectivity index (χ1n) is 9.62. The average Bonchev–Trinajstić information content (AvgIpc) is 3.39. The highest BCUT2D eigenvalue weighted by atomic mass is 19.1. The summed E-state index contributed by atoms with van der Waals surface area (Å²) in [4.78, 5) is 43.2. The van der Waals surface area contributed by atoms with Crippen molar-refractivity contribution in [2.75, 3.05) is 6.54 Å². The number of amides is 1. The van der Waals surface area contributed by atoms with Crippen molar-refractivity contribution >= 4 is 5.91 Å². The molecule has 1 saturated heterocycles. The number of likely N-dealkylation sites (tertiary alicyclic amines) is 1. The first-order valence-corrected chi connectivity index (χ1v) is 9.62. The molecule has 0 saturated carbocycles. The Balaban J connectivity index is 1.58. The minimum Gasteiger partial charge on any atom is -0.443 e. The van der Waals surface area contributed by atoms with Gasteiger partial charge < -0.3 is 9.32 Å². The van der Waals surface area contributed by atoms with Crippen LogP contribution in [-0.4, -0.2) is 31.5 Å². The van der Waals surface area contributed by atoms with Crippen molar-refractivity contribution in [2.24, 2.45) is 14.1 Å². The largest absolute Gasteiger partial charge is 0.443 e. The second-order valence-corrected chi connectivity index (χ2v) is 7.39. The van der Waals surface area contributed by atoms with Crippen molar-refractivity contribution in [3.8, 4) is 0 Å². The zero-order valence-corrected chi connectivity index (χ0v) is 16.7. The normalized spacial score (nSPS) is 16.2. The Morgan fingerprint density at radius 1 is 1.20 bits per heavy atom. The van der Waals surface area contributed by atoms with E-state index in [1.54, 1.807) is 23.2 Å². The summed E-state index contributed by atoms with van der Waals surface area (Å²) >= 11 is 0. The van der Waals surface area contributed by atoms with Gasteiger partial charge in [0.2, 0.25) is 5.89 Å².